The Morgan fingerprint density at radius 3 is 2.48 bits per heavy atom. The molecule has 8 heteroatoms. The number of amides is 1. The summed E-state index contributed by atoms with van der Waals surface area (Å²) in [4.78, 5) is 24.5. The fraction of sp³-hybridized carbons (Fsp3) is 0.467. The van der Waals surface area contributed by atoms with Gasteiger partial charge in [-0.3, -0.25) is 9.59 Å². The van der Waals surface area contributed by atoms with Gasteiger partial charge in [0.15, 0.2) is 0 Å². The van der Waals surface area contributed by atoms with Crippen LogP contribution in [0.1, 0.15) is 29.3 Å². The summed E-state index contributed by atoms with van der Waals surface area (Å²) in [7, 11) is 0. The van der Waals surface area contributed by atoms with E-state index in [1.807, 2.05) is 0 Å². The molecule has 2 unspecified atom stereocenters. The average Bonchev–Trinajstić information content (AvgIpc) is 2.45. The number of hydrogen-bond acceptors (Lipinski definition) is 2. The number of alkyl halides is 3. The quantitative estimate of drug-likeness (QED) is 0.847. The van der Waals surface area contributed by atoms with Crippen LogP contribution in [0.3, 0.4) is 0 Å². The number of carboxylic acid groups (broad SMARTS) is 1. The zero-order valence-corrected chi connectivity index (χ0v) is 12.2. The van der Waals surface area contributed by atoms with Gasteiger partial charge in [0.05, 0.1) is 17.0 Å². The summed E-state index contributed by atoms with van der Waals surface area (Å²) in [5.41, 5.74) is -1.82. The van der Waals surface area contributed by atoms with Crippen molar-refractivity contribution >= 4 is 11.9 Å². The summed E-state index contributed by atoms with van der Waals surface area (Å²) in [6.45, 7) is 1.77. The molecule has 0 saturated carbocycles. The standard InChI is InChI=1S/C15H15F4NO3/c1-8-4-9(14(22)23)7-20(6-8)13(21)11-5-10(15(17,18)19)2-3-12(11)16/h2-3,5,8-9H,4,6-7H2,1H3,(H,22,23). The molecule has 0 bridgehead atoms. The SMILES string of the molecule is CC1CC(C(=O)O)CN(C(=O)c2cc(C(F)(F)F)ccc2F)C1. The molecule has 4 nitrogen and oxygen atoms in total. The Hall–Kier alpha value is -2.12. The van der Waals surface area contributed by atoms with E-state index in [-0.39, 0.29) is 19.0 Å². The van der Waals surface area contributed by atoms with Gasteiger partial charge in [0, 0.05) is 13.1 Å². The molecule has 1 aliphatic heterocycles. The molecular formula is C15H15F4NO3. The van der Waals surface area contributed by atoms with E-state index in [1.54, 1.807) is 6.92 Å². The molecule has 1 heterocycles. The molecule has 126 valence electrons. The maximum absolute atomic E-state index is 13.8. The Morgan fingerprint density at radius 2 is 1.91 bits per heavy atom. The van der Waals surface area contributed by atoms with Crippen molar-refractivity contribution < 1.29 is 32.3 Å². The summed E-state index contributed by atoms with van der Waals surface area (Å²) < 4.78 is 51.9. The maximum atomic E-state index is 13.8. The van der Waals surface area contributed by atoms with E-state index in [0.717, 1.165) is 4.90 Å². The van der Waals surface area contributed by atoms with Crippen LogP contribution in [0.4, 0.5) is 17.6 Å². The highest BCUT2D eigenvalue weighted by Crippen LogP contribution is 2.31. The molecule has 0 aromatic heterocycles. The lowest BCUT2D eigenvalue weighted by atomic mass is 9.90. The minimum atomic E-state index is -4.69. The van der Waals surface area contributed by atoms with Crippen LogP contribution in [0.2, 0.25) is 0 Å². The van der Waals surface area contributed by atoms with Crippen molar-refractivity contribution in [2.45, 2.75) is 19.5 Å². The van der Waals surface area contributed by atoms with Gasteiger partial charge in [0.1, 0.15) is 5.82 Å². The van der Waals surface area contributed by atoms with Crippen LogP contribution in [0, 0.1) is 17.7 Å². The van der Waals surface area contributed by atoms with Gasteiger partial charge in [-0.15, -0.1) is 0 Å². The van der Waals surface area contributed by atoms with Gasteiger partial charge >= 0.3 is 12.1 Å². The molecular weight excluding hydrogens is 318 g/mol. The molecule has 1 N–H and O–H groups in total. The molecule has 1 aromatic rings. The van der Waals surface area contributed by atoms with E-state index in [4.69, 9.17) is 5.11 Å². The predicted octanol–water partition coefficient (Wildman–Crippen LogP) is 3.03. The van der Waals surface area contributed by atoms with Gasteiger partial charge in [-0.25, -0.2) is 4.39 Å². The first-order valence-corrected chi connectivity index (χ1v) is 6.98. The Bertz CT molecular complexity index is 630. The number of carboxylic acids is 1. The predicted molar refractivity (Wildman–Crippen MR) is 72.2 cm³/mol. The second-order valence-electron chi connectivity index (χ2n) is 5.78. The van der Waals surface area contributed by atoms with E-state index < -0.39 is 40.9 Å². The molecule has 1 aliphatic rings. The second-order valence-corrected chi connectivity index (χ2v) is 5.78. The molecule has 2 atom stereocenters. The Kier molecular flexibility index (Phi) is 4.63. The minimum absolute atomic E-state index is 0.136. The van der Waals surface area contributed by atoms with Crippen molar-refractivity contribution in [3.8, 4) is 0 Å². The highest BCUT2D eigenvalue weighted by Gasteiger charge is 2.35. The third-order valence-corrected chi connectivity index (χ3v) is 3.82. The lowest BCUT2D eigenvalue weighted by Gasteiger charge is -2.34. The smallest absolute Gasteiger partial charge is 0.416 e. The minimum Gasteiger partial charge on any atom is -0.481 e. The third kappa shape index (κ3) is 3.80. The van der Waals surface area contributed by atoms with E-state index in [1.165, 1.54) is 0 Å². The first-order valence-electron chi connectivity index (χ1n) is 6.98. The van der Waals surface area contributed by atoms with Gasteiger partial charge in [-0.05, 0) is 30.5 Å². The number of benzene rings is 1. The van der Waals surface area contributed by atoms with Crippen molar-refractivity contribution in [1.82, 2.24) is 4.90 Å². The van der Waals surface area contributed by atoms with Gasteiger partial charge in [-0.2, -0.15) is 13.2 Å². The molecule has 0 aliphatic carbocycles. The summed E-state index contributed by atoms with van der Waals surface area (Å²) in [6.07, 6.45) is -4.33. The number of carbonyl (C=O) groups is 2. The second kappa shape index (κ2) is 6.17. The lowest BCUT2D eigenvalue weighted by molar-refractivity contribution is -0.143. The van der Waals surface area contributed by atoms with Crippen LogP contribution in [-0.4, -0.2) is 35.0 Å². The summed E-state index contributed by atoms with van der Waals surface area (Å²) >= 11 is 0. The number of rotatable bonds is 2. The number of piperidine rings is 1. The van der Waals surface area contributed by atoms with Crippen LogP contribution in [0.5, 0.6) is 0 Å². The van der Waals surface area contributed by atoms with Crippen molar-refractivity contribution in [1.29, 1.82) is 0 Å². The molecule has 1 saturated heterocycles. The third-order valence-electron chi connectivity index (χ3n) is 3.82. The highest BCUT2D eigenvalue weighted by molar-refractivity contribution is 5.95. The summed E-state index contributed by atoms with van der Waals surface area (Å²) in [6, 6.07) is 1.62. The molecule has 23 heavy (non-hydrogen) atoms. The zero-order valence-electron chi connectivity index (χ0n) is 12.2. The van der Waals surface area contributed by atoms with E-state index in [0.29, 0.717) is 24.6 Å². The molecule has 1 fully saturated rings. The largest absolute Gasteiger partial charge is 0.481 e. The first-order chi connectivity index (χ1) is 10.6. The first kappa shape index (κ1) is 17.2. The van der Waals surface area contributed by atoms with Crippen LogP contribution >= 0.6 is 0 Å². The molecule has 0 radical (unpaired) electrons. The van der Waals surface area contributed by atoms with Crippen LogP contribution in [0.15, 0.2) is 18.2 Å². The van der Waals surface area contributed by atoms with E-state index in [2.05, 4.69) is 0 Å². The fourth-order valence-electron chi connectivity index (χ4n) is 2.73. The van der Waals surface area contributed by atoms with Crippen LogP contribution in [-0.2, 0) is 11.0 Å². The van der Waals surface area contributed by atoms with Gasteiger partial charge < -0.3 is 10.0 Å². The van der Waals surface area contributed by atoms with Crippen molar-refractivity contribution in [2.75, 3.05) is 13.1 Å². The normalized spacial score (nSPS) is 22.0. The number of hydrogen-bond donors (Lipinski definition) is 1. The monoisotopic (exact) mass is 333 g/mol. The zero-order chi connectivity index (χ0) is 17.4. The lowest BCUT2D eigenvalue weighted by Crippen LogP contribution is -2.45. The fourth-order valence-corrected chi connectivity index (χ4v) is 2.73. The Balaban J connectivity index is 2.31. The summed E-state index contributed by atoms with van der Waals surface area (Å²) in [5.74, 6) is -4.02. The number of carbonyl (C=O) groups excluding carboxylic acids is 1. The van der Waals surface area contributed by atoms with Crippen LogP contribution in [0.25, 0.3) is 0 Å². The van der Waals surface area contributed by atoms with Crippen molar-refractivity contribution in [3.05, 3.63) is 35.1 Å². The number of aliphatic carboxylic acids is 1. The van der Waals surface area contributed by atoms with Gasteiger partial charge in [0.25, 0.3) is 5.91 Å². The molecule has 1 aromatic carbocycles. The van der Waals surface area contributed by atoms with Crippen molar-refractivity contribution in [2.24, 2.45) is 11.8 Å². The number of likely N-dealkylation sites (tertiary alicyclic amines) is 1. The highest BCUT2D eigenvalue weighted by atomic mass is 19.4. The Morgan fingerprint density at radius 1 is 1.26 bits per heavy atom. The van der Waals surface area contributed by atoms with Crippen LogP contribution < -0.4 is 0 Å². The van der Waals surface area contributed by atoms with Crippen molar-refractivity contribution in [3.63, 3.8) is 0 Å². The summed E-state index contributed by atoms with van der Waals surface area (Å²) in [5, 5.41) is 9.07. The molecule has 0 spiro atoms. The van der Waals surface area contributed by atoms with E-state index in [9.17, 15) is 27.2 Å². The van der Waals surface area contributed by atoms with Gasteiger partial charge in [-0.1, -0.05) is 6.92 Å². The topological polar surface area (TPSA) is 57.6 Å². The number of halogens is 4. The molecule has 2 rings (SSSR count). The van der Waals surface area contributed by atoms with E-state index >= 15 is 0 Å². The number of nitrogens with zero attached hydrogens (tertiary/aromatic N) is 1. The van der Waals surface area contributed by atoms with Gasteiger partial charge in [0.2, 0.25) is 0 Å². The Labute approximate surface area is 129 Å². The average molecular weight is 333 g/mol. The molecule has 1 amide bonds. The maximum Gasteiger partial charge on any atom is 0.416 e.